The van der Waals surface area contributed by atoms with Gasteiger partial charge < -0.3 is 4.90 Å². The summed E-state index contributed by atoms with van der Waals surface area (Å²) in [4.78, 5) is 4.21. The third-order valence-electron chi connectivity index (χ3n) is 8.08. The number of sulfonamides is 1. The Kier molecular flexibility index (Phi) is 6.75. The van der Waals surface area contributed by atoms with Gasteiger partial charge in [0, 0.05) is 37.2 Å². The van der Waals surface area contributed by atoms with Gasteiger partial charge in [-0.2, -0.15) is 0 Å². The second-order valence-corrected chi connectivity index (χ2v) is 12.1. The number of likely N-dealkylation sites (tertiary alicyclic amines) is 2. The van der Waals surface area contributed by atoms with Gasteiger partial charge in [-0.3, -0.25) is 9.62 Å². The Bertz CT molecular complexity index is 977. The molecule has 0 aromatic heterocycles. The highest BCUT2D eigenvalue weighted by Gasteiger charge is 2.68. The van der Waals surface area contributed by atoms with Crippen molar-refractivity contribution in [2.24, 2.45) is 11.8 Å². The first-order chi connectivity index (χ1) is 15.1. The number of hydrogen-bond acceptors (Lipinski definition) is 4. The number of halogens is 4. The van der Waals surface area contributed by atoms with E-state index >= 15 is 0 Å². The van der Waals surface area contributed by atoms with Crippen LogP contribution in [0.25, 0.3) is 0 Å². The Morgan fingerprint density at radius 1 is 1.12 bits per heavy atom. The van der Waals surface area contributed by atoms with Gasteiger partial charge in [0.2, 0.25) is 10.0 Å². The first kappa shape index (κ1) is 25.1. The highest BCUT2D eigenvalue weighted by molar-refractivity contribution is 7.93. The number of alkyl halides is 2. The van der Waals surface area contributed by atoms with Gasteiger partial charge in [0.05, 0.1) is 11.8 Å². The Hall–Kier alpha value is -1.03. The van der Waals surface area contributed by atoms with E-state index in [9.17, 15) is 21.6 Å². The van der Waals surface area contributed by atoms with Crippen molar-refractivity contribution < 1.29 is 21.6 Å². The molecule has 2 saturated carbocycles. The van der Waals surface area contributed by atoms with E-state index < -0.39 is 15.9 Å². The molecule has 0 bridgehead atoms. The molecule has 1 N–H and O–H groups in total. The first-order valence-electron chi connectivity index (χ1n) is 11.8. The molecule has 0 unspecified atom stereocenters. The molecule has 2 saturated heterocycles. The van der Waals surface area contributed by atoms with Crippen molar-refractivity contribution in [3.8, 4) is 0 Å². The van der Waals surface area contributed by atoms with E-state index in [1.54, 1.807) is 6.07 Å². The predicted molar refractivity (Wildman–Crippen MR) is 125 cm³/mol. The molecule has 2 heterocycles. The normalized spacial score (nSPS) is 31.3. The SMILES string of the molecule is CC[C@]1(c2cc(NS(=O)(=O)C3CC3)ccc2F)[C@@H]2CN(CCCN3CCC(F)(F)C3)C[C@@H]21.Cl. The zero-order valence-electron chi connectivity index (χ0n) is 18.9. The van der Waals surface area contributed by atoms with Crippen molar-refractivity contribution in [2.75, 3.05) is 44.0 Å². The lowest BCUT2D eigenvalue weighted by Crippen LogP contribution is -2.33. The van der Waals surface area contributed by atoms with Crippen LogP contribution < -0.4 is 4.72 Å². The van der Waals surface area contributed by atoms with E-state index in [1.807, 2.05) is 4.90 Å². The summed E-state index contributed by atoms with van der Waals surface area (Å²) in [6.07, 6.45) is 3.00. The highest BCUT2D eigenvalue weighted by atomic mass is 35.5. The van der Waals surface area contributed by atoms with Crippen LogP contribution in [-0.4, -0.2) is 68.7 Å². The standard InChI is InChI=1S/C23H32F3N3O2S.ClH/c1-2-23(18-12-16(4-7-21(18)24)27-32(30,31)17-5-6-17)19-13-29(14-20(19)23)10-3-9-28-11-8-22(25,26)15-28;/h4,7,12,17,19-20,27H,2-3,5-6,8-11,13-15H2,1H3;1H/t19-,20+,23+;. The number of hydrogen-bond donors (Lipinski definition) is 1. The van der Waals surface area contributed by atoms with Crippen LogP contribution in [0.2, 0.25) is 0 Å². The van der Waals surface area contributed by atoms with Gasteiger partial charge in [-0.15, -0.1) is 12.4 Å². The average Bonchev–Trinajstić information content (AvgIpc) is 3.60. The van der Waals surface area contributed by atoms with Crippen LogP contribution in [0.5, 0.6) is 0 Å². The van der Waals surface area contributed by atoms with Crippen molar-refractivity contribution in [1.29, 1.82) is 0 Å². The number of piperidine rings is 1. The largest absolute Gasteiger partial charge is 0.303 e. The lowest BCUT2D eigenvalue weighted by atomic mass is 9.86. The molecule has 1 aromatic carbocycles. The number of nitrogens with one attached hydrogen (secondary N) is 1. The van der Waals surface area contributed by atoms with Crippen molar-refractivity contribution in [3.05, 3.63) is 29.6 Å². The molecule has 0 radical (unpaired) electrons. The van der Waals surface area contributed by atoms with Gasteiger partial charge in [-0.25, -0.2) is 21.6 Å². The molecule has 4 fully saturated rings. The first-order valence-corrected chi connectivity index (χ1v) is 13.3. The van der Waals surface area contributed by atoms with E-state index in [-0.39, 0.29) is 41.9 Å². The summed E-state index contributed by atoms with van der Waals surface area (Å²) in [5.41, 5.74) is 0.842. The topological polar surface area (TPSA) is 52.7 Å². The summed E-state index contributed by atoms with van der Waals surface area (Å²) >= 11 is 0. The fourth-order valence-electron chi connectivity index (χ4n) is 6.20. The number of benzene rings is 1. The molecule has 10 heteroatoms. The molecule has 0 amide bonds. The summed E-state index contributed by atoms with van der Waals surface area (Å²) in [5.74, 6) is -2.10. The molecule has 4 aliphatic rings. The van der Waals surface area contributed by atoms with Crippen LogP contribution in [0.1, 0.15) is 44.6 Å². The number of anilines is 1. The van der Waals surface area contributed by atoms with Crippen LogP contribution in [-0.2, 0) is 15.4 Å². The maximum absolute atomic E-state index is 14.9. The Morgan fingerprint density at radius 2 is 1.79 bits per heavy atom. The summed E-state index contributed by atoms with van der Waals surface area (Å²) in [6.45, 7) is 5.75. The van der Waals surface area contributed by atoms with E-state index in [4.69, 9.17) is 0 Å². The van der Waals surface area contributed by atoms with Crippen molar-refractivity contribution in [1.82, 2.24) is 9.80 Å². The van der Waals surface area contributed by atoms with Crippen LogP contribution in [0, 0.1) is 17.7 Å². The molecule has 0 spiro atoms. The van der Waals surface area contributed by atoms with Crippen LogP contribution in [0.3, 0.4) is 0 Å². The van der Waals surface area contributed by atoms with E-state index in [0.29, 0.717) is 49.0 Å². The zero-order valence-corrected chi connectivity index (χ0v) is 20.5. The third-order valence-corrected chi connectivity index (χ3v) is 9.95. The lowest BCUT2D eigenvalue weighted by Gasteiger charge is -2.27. The smallest absolute Gasteiger partial charge is 0.261 e. The van der Waals surface area contributed by atoms with E-state index in [0.717, 1.165) is 32.5 Å². The molecule has 5 rings (SSSR count). The Balaban J connectivity index is 0.00000259. The van der Waals surface area contributed by atoms with Crippen molar-refractivity contribution in [2.45, 2.75) is 55.6 Å². The van der Waals surface area contributed by atoms with Gasteiger partial charge in [0.1, 0.15) is 5.82 Å². The van der Waals surface area contributed by atoms with Crippen molar-refractivity contribution in [3.63, 3.8) is 0 Å². The summed E-state index contributed by atoms with van der Waals surface area (Å²) in [7, 11) is -3.39. The van der Waals surface area contributed by atoms with Gasteiger partial charge >= 0.3 is 0 Å². The minimum atomic E-state index is -3.39. The molecular formula is C23H33ClF3N3O2S. The van der Waals surface area contributed by atoms with E-state index in [1.165, 1.54) is 12.1 Å². The molecular weight excluding hydrogens is 475 g/mol. The van der Waals surface area contributed by atoms with Crippen LogP contribution in [0.4, 0.5) is 18.9 Å². The minimum Gasteiger partial charge on any atom is -0.303 e. The van der Waals surface area contributed by atoms with Gasteiger partial charge in [-0.1, -0.05) is 6.92 Å². The fraction of sp³-hybridized carbons (Fsp3) is 0.739. The fourth-order valence-corrected chi connectivity index (χ4v) is 7.58. The Labute approximate surface area is 200 Å². The van der Waals surface area contributed by atoms with Gasteiger partial charge in [0.15, 0.2) is 0 Å². The third kappa shape index (κ3) is 4.75. The monoisotopic (exact) mass is 507 g/mol. The second kappa shape index (κ2) is 8.88. The quantitative estimate of drug-likeness (QED) is 0.547. The summed E-state index contributed by atoms with van der Waals surface area (Å²) in [5, 5.41) is -0.322. The summed E-state index contributed by atoms with van der Waals surface area (Å²) in [6, 6.07) is 4.60. The molecule has 3 atom stereocenters. The highest BCUT2D eigenvalue weighted by Crippen LogP contribution is 2.66. The molecule has 1 aromatic rings. The van der Waals surface area contributed by atoms with Crippen LogP contribution >= 0.6 is 12.4 Å². The average molecular weight is 508 g/mol. The Morgan fingerprint density at radius 3 is 2.36 bits per heavy atom. The number of nitrogens with zero attached hydrogens (tertiary/aromatic N) is 2. The molecule has 5 nitrogen and oxygen atoms in total. The number of rotatable bonds is 9. The zero-order chi connectivity index (χ0) is 22.7. The maximum Gasteiger partial charge on any atom is 0.261 e. The molecule has 33 heavy (non-hydrogen) atoms. The van der Waals surface area contributed by atoms with Crippen LogP contribution in [0.15, 0.2) is 18.2 Å². The van der Waals surface area contributed by atoms with E-state index in [2.05, 4.69) is 16.5 Å². The van der Waals surface area contributed by atoms with Gasteiger partial charge in [-0.05, 0) is 74.4 Å². The maximum atomic E-state index is 14.9. The minimum absolute atomic E-state index is 0. The molecule has 2 aliphatic heterocycles. The second-order valence-electron chi connectivity index (χ2n) is 10.1. The molecule has 186 valence electrons. The van der Waals surface area contributed by atoms with Crippen molar-refractivity contribution >= 4 is 28.1 Å². The lowest BCUT2D eigenvalue weighted by molar-refractivity contribution is 0.0119. The predicted octanol–water partition coefficient (Wildman–Crippen LogP) is 4.09. The molecule has 2 aliphatic carbocycles. The number of fused-ring (bicyclic) bond motifs is 1. The van der Waals surface area contributed by atoms with Gasteiger partial charge in [0.25, 0.3) is 5.92 Å². The summed E-state index contributed by atoms with van der Waals surface area (Å²) < 4.78 is 68.8.